The predicted molar refractivity (Wildman–Crippen MR) is 71.3 cm³/mol. The molecule has 0 fully saturated rings. The van der Waals surface area contributed by atoms with E-state index in [4.69, 9.17) is 11.6 Å². The molecule has 0 unspecified atom stereocenters. The maximum Gasteiger partial charge on any atom is 0.159 e. The minimum atomic E-state index is 0.379. The Morgan fingerprint density at radius 3 is 2.47 bits per heavy atom. The number of benzene rings is 1. The van der Waals surface area contributed by atoms with Gasteiger partial charge in [-0.25, -0.2) is 4.98 Å². The summed E-state index contributed by atoms with van der Waals surface area (Å²) in [7, 11) is 0. The van der Waals surface area contributed by atoms with Gasteiger partial charge in [0.2, 0.25) is 0 Å². The van der Waals surface area contributed by atoms with Crippen LogP contribution >= 0.6 is 23.4 Å². The van der Waals surface area contributed by atoms with Gasteiger partial charge in [0.1, 0.15) is 12.0 Å². The lowest BCUT2D eigenvalue weighted by molar-refractivity contribution is 0.976. The van der Waals surface area contributed by atoms with Gasteiger partial charge < -0.3 is 0 Å². The molecule has 5 heteroatoms. The number of hydrogen-bond acceptors (Lipinski definition) is 4. The Bertz CT molecular complexity index is 499. The molecule has 0 atom stereocenters. The highest BCUT2D eigenvalue weighted by Crippen LogP contribution is 2.27. The van der Waals surface area contributed by atoms with Crippen LogP contribution in [0, 0.1) is 0 Å². The smallest absolute Gasteiger partial charge is 0.159 e. The van der Waals surface area contributed by atoms with Gasteiger partial charge in [-0.3, -0.25) is 0 Å². The van der Waals surface area contributed by atoms with Gasteiger partial charge in [-0.1, -0.05) is 37.6 Å². The maximum absolute atomic E-state index is 5.96. The van der Waals surface area contributed by atoms with Crippen molar-refractivity contribution in [3.63, 3.8) is 0 Å². The number of halogens is 1. The van der Waals surface area contributed by atoms with Crippen LogP contribution < -0.4 is 0 Å². The predicted octanol–water partition coefficient (Wildman–Crippen LogP) is 3.69. The van der Waals surface area contributed by atoms with Gasteiger partial charge in [-0.05, 0) is 12.1 Å². The molecular formula is C12H12ClN3S. The van der Waals surface area contributed by atoms with E-state index < -0.39 is 0 Å². The number of hydrogen-bond donors (Lipinski definition) is 0. The van der Waals surface area contributed by atoms with Crippen LogP contribution in [0.1, 0.15) is 13.8 Å². The number of nitrogens with zero attached hydrogens (tertiary/aromatic N) is 3. The highest BCUT2D eigenvalue weighted by molar-refractivity contribution is 7.99. The van der Waals surface area contributed by atoms with Crippen LogP contribution in [-0.2, 0) is 0 Å². The van der Waals surface area contributed by atoms with E-state index in [1.807, 2.05) is 23.9 Å². The summed E-state index contributed by atoms with van der Waals surface area (Å²) in [5.41, 5.74) is 1.55. The molecule has 0 aliphatic carbocycles. The second-order valence-electron chi connectivity index (χ2n) is 3.79. The van der Waals surface area contributed by atoms with Crippen LogP contribution in [-0.4, -0.2) is 20.4 Å². The fourth-order valence-corrected chi connectivity index (χ4v) is 2.43. The third-order valence-corrected chi connectivity index (χ3v) is 3.37. The Morgan fingerprint density at radius 2 is 1.88 bits per heavy atom. The summed E-state index contributed by atoms with van der Waals surface area (Å²) in [6, 6.07) is 8.10. The quantitative estimate of drug-likeness (QED) is 0.794. The lowest BCUT2D eigenvalue weighted by Crippen LogP contribution is -1.91. The zero-order valence-corrected chi connectivity index (χ0v) is 11.2. The Hall–Kier alpha value is -1.13. The summed E-state index contributed by atoms with van der Waals surface area (Å²) < 4.78 is 0. The van der Waals surface area contributed by atoms with Gasteiger partial charge in [-0.2, -0.15) is 0 Å². The van der Waals surface area contributed by atoms with Gasteiger partial charge in [-0.15, -0.1) is 22.0 Å². The van der Waals surface area contributed by atoms with Gasteiger partial charge in [0, 0.05) is 15.7 Å². The van der Waals surface area contributed by atoms with Crippen LogP contribution in [0.5, 0.6) is 0 Å². The summed E-state index contributed by atoms with van der Waals surface area (Å²) in [6.07, 6.45) is 1.34. The molecule has 0 bridgehead atoms. The molecule has 88 valence electrons. The maximum atomic E-state index is 5.96. The zero-order chi connectivity index (χ0) is 12.3. The second kappa shape index (κ2) is 5.47. The number of thioether (sulfide) groups is 1. The van der Waals surface area contributed by atoms with Gasteiger partial charge in [0.05, 0.1) is 0 Å². The highest BCUT2D eigenvalue weighted by atomic mass is 35.5. The molecule has 17 heavy (non-hydrogen) atoms. The van der Waals surface area contributed by atoms with Crippen LogP contribution in [0.3, 0.4) is 0 Å². The molecule has 0 amide bonds. The first-order chi connectivity index (χ1) is 8.16. The first kappa shape index (κ1) is 12.3. The number of rotatable bonds is 3. The van der Waals surface area contributed by atoms with E-state index >= 15 is 0 Å². The molecule has 0 saturated carbocycles. The van der Waals surface area contributed by atoms with Gasteiger partial charge >= 0.3 is 0 Å². The molecule has 0 saturated heterocycles. The van der Waals surface area contributed by atoms with Crippen molar-refractivity contribution in [3.8, 4) is 11.3 Å². The van der Waals surface area contributed by atoms with Crippen molar-refractivity contribution in [1.29, 1.82) is 0 Å². The molecule has 0 aliphatic heterocycles. The van der Waals surface area contributed by atoms with E-state index in [-0.39, 0.29) is 0 Å². The highest BCUT2D eigenvalue weighted by Gasteiger charge is 2.06. The zero-order valence-electron chi connectivity index (χ0n) is 9.59. The van der Waals surface area contributed by atoms with Crippen LogP contribution in [0.4, 0.5) is 0 Å². The minimum Gasteiger partial charge on any atom is -0.220 e. The Kier molecular flexibility index (Phi) is 3.97. The van der Waals surface area contributed by atoms with E-state index in [2.05, 4.69) is 41.2 Å². The first-order valence-electron chi connectivity index (χ1n) is 5.27. The molecule has 0 aliphatic rings. The van der Waals surface area contributed by atoms with Crippen LogP contribution in [0.15, 0.2) is 35.5 Å². The van der Waals surface area contributed by atoms with Gasteiger partial charge in [0.15, 0.2) is 5.15 Å². The van der Waals surface area contributed by atoms with Crippen LogP contribution in [0.25, 0.3) is 11.3 Å². The summed E-state index contributed by atoms with van der Waals surface area (Å²) >= 11 is 7.79. The number of aromatic nitrogens is 3. The molecule has 1 heterocycles. The normalized spacial score (nSPS) is 10.8. The van der Waals surface area contributed by atoms with Crippen molar-refractivity contribution in [2.75, 3.05) is 0 Å². The summed E-state index contributed by atoms with van der Waals surface area (Å²) in [6.45, 7) is 4.34. The Labute approximate surface area is 110 Å². The molecule has 3 nitrogen and oxygen atoms in total. The molecule has 1 aromatic carbocycles. The monoisotopic (exact) mass is 265 g/mol. The van der Waals surface area contributed by atoms with Gasteiger partial charge in [0.25, 0.3) is 0 Å². The second-order valence-corrected chi connectivity index (χ2v) is 5.80. The topological polar surface area (TPSA) is 38.7 Å². The minimum absolute atomic E-state index is 0.379. The van der Waals surface area contributed by atoms with E-state index in [1.165, 1.54) is 11.2 Å². The van der Waals surface area contributed by atoms with E-state index in [9.17, 15) is 0 Å². The molecule has 1 aromatic heterocycles. The van der Waals surface area contributed by atoms with Crippen molar-refractivity contribution >= 4 is 23.4 Å². The standard InChI is InChI=1S/C12H12ClN3S/c1-8(2)17-10-5-3-9(4-6-10)11-12(13)14-7-15-16-11/h3-8H,1-2H3. The van der Waals surface area contributed by atoms with E-state index in [1.54, 1.807) is 0 Å². The van der Waals surface area contributed by atoms with E-state index in [0.717, 1.165) is 5.56 Å². The summed E-state index contributed by atoms with van der Waals surface area (Å²) in [5, 5.41) is 8.68. The lowest BCUT2D eigenvalue weighted by Gasteiger charge is -2.06. The molecule has 0 N–H and O–H groups in total. The SMILES string of the molecule is CC(C)Sc1ccc(-c2nncnc2Cl)cc1. The largest absolute Gasteiger partial charge is 0.220 e. The average Bonchev–Trinajstić information content (AvgIpc) is 2.30. The van der Waals surface area contributed by atoms with Crippen molar-refractivity contribution in [2.24, 2.45) is 0 Å². The third kappa shape index (κ3) is 3.17. The van der Waals surface area contributed by atoms with Crippen molar-refractivity contribution < 1.29 is 0 Å². The third-order valence-electron chi connectivity index (χ3n) is 2.08. The molecule has 0 radical (unpaired) electrons. The molecule has 2 aromatic rings. The fourth-order valence-electron chi connectivity index (χ4n) is 1.40. The fraction of sp³-hybridized carbons (Fsp3) is 0.250. The van der Waals surface area contributed by atoms with Crippen LogP contribution in [0.2, 0.25) is 5.15 Å². The molecule has 0 spiro atoms. The first-order valence-corrected chi connectivity index (χ1v) is 6.53. The van der Waals surface area contributed by atoms with Crippen molar-refractivity contribution in [2.45, 2.75) is 24.0 Å². The average molecular weight is 266 g/mol. The van der Waals surface area contributed by atoms with Crippen molar-refractivity contribution in [3.05, 3.63) is 35.7 Å². The van der Waals surface area contributed by atoms with Crippen molar-refractivity contribution in [1.82, 2.24) is 15.2 Å². The molecule has 2 rings (SSSR count). The summed E-state index contributed by atoms with van der Waals surface area (Å²) in [4.78, 5) is 5.15. The Morgan fingerprint density at radius 1 is 1.18 bits per heavy atom. The lowest BCUT2D eigenvalue weighted by atomic mass is 10.2. The summed E-state index contributed by atoms with van der Waals surface area (Å²) in [5.74, 6) is 0. The Balaban J connectivity index is 2.27. The van der Waals surface area contributed by atoms with E-state index in [0.29, 0.717) is 16.1 Å². The molecular weight excluding hydrogens is 254 g/mol.